The van der Waals surface area contributed by atoms with Crippen molar-refractivity contribution in [3.05, 3.63) is 28.8 Å². The van der Waals surface area contributed by atoms with Crippen LogP contribution in [0, 0.1) is 11.3 Å². The van der Waals surface area contributed by atoms with Crippen molar-refractivity contribution in [2.45, 2.75) is 42.7 Å². The maximum atomic E-state index is 12.3. The number of halogens is 2. The Morgan fingerprint density at radius 1 is 1.29 bits per heavy atom. The third kappa shape index (κ3) is 4.56. The van der Waals surface area contributed by atoms with Gasteiger partial charge in [0.1, 0.15) is 6.07 Å². The van der Waals surface area contributed by atoms with Crippen LogP contribution in [-0.2, 0) is 10.0 Å². The molecule has 21 heavy (non-hydrogen) atoms. The third-order valence-electron chi connectivity index (χ3n) is 3.46. The van der Waals surface area contributed by atoms with E-state index in [-0.39, 0.29) is 40.0 Å². The average molecular weight is 350 g/mol. The first kappa shape index (κ1) is 18.2. The van der Waals surface area contributed by atoms with Crippen LogP contribution in [0.5, 0.6) is 0 Å². The summed E-state index contributed by atoms with van der Waals surface area (Å²) in [5.41, 5.74) is 5.95. The first-order chi connectivity index (χ1) is 9.42. The maximum Gasteiger partial charge on any atom is 0.240 e. The van der Waals surface area contributed by atoms with E-state index in [1.807, 2.05) is 6.07 Å². The van der Waals surface area contributed by atoms with Crippen LogP contribution in [0.15, 0.2) is 23.1 Å². The van der Waals surface area contributed by atoms with Crippen molar-refractivity contribution < 1.29 is 8.42 Å². The normalized spacial score (nSPS) is 22.1. The van der Waals surface area contributed by atoms with E-state index in [4.69, 9.17) is 22.6 Å². The highest BCUT2D eigenvalue weighted by atomic mass is 35.5. The summed E-state index contributed by atoms with van der Waals surface area (Å²) in [4.78, 5) is 0.0633. The number of rotatable bonds is 3. The molecule has 1 aliphatic carbocycles. The minimum Gasteiger partial charge on any atom is -0.328 e. The van der Waals surface area contributed by atoms with Gasteiger partial charge in [-0.2, -0.15) is 5.26 Å². The predicted molar refractivity (Wildman–Crippen MR) is 84.0 cm³/mol. The molecule has 116 valence electrons. The van der Waals surface area contributed by atoms with Gasteiger partial charge in [-0.1, -0.05) is 11.6 Å². The smallest absolute Gasteiger partial charge is 0.240 e. The minimum atomic E-state index is -3.63. The van der Waals surface area contributed by atoms with Gasteiger partial charge in [-0.05, 0) is 43.9 Å². The number of nitriles is 1. The van der Waals surface area contributed by atoms with Crippen molar-refractivity contribution in [3.8, 4) is 6.07 Å². The average Bonchev–Trinajstić information content (AvgIpc) is 2.41. The summed E-state index contributed by atoms with van der Waals surface area (Å²) >= 11 is 5.80. The minimum absolute atomic E-state index is 0. The molecule has 1 fully saturated rings. The van der Waals surface area contributed by atoms with Crippen LogP contribution >= 0.6 is 24.0 Å². The molecule has 0 heterocycles. The molecule has 0 unspecified atom stereocenters. The molecule has 0 aliphatic heterocycles. The quantitative estimate of drug-likeness (QED) is 0.873. The SMILES string of the molecule is Cl.N#Cc1cc(S(=O)(=O)NC2CCC(N)CC2)ccc1Cl. The molecule has 3 N–H and O–H groups in total. The first-order valence-corrected chi connectivity index (χ1v) is 8.26. The number of hydrogen-bond donors (Lipinski definition) is 2. The lowest BCUT2D eigenvalue weighted by molar-refractivity contribution is 0.373. The van der Waals surface area contributed by atoms with Crippen molar-refractivity contribution in [2.24, 2.45) is 5.73 Å². The molecular formula is C13H17Cl2N3O2S. The van der Waals surface area contributed by atoms with Gasteiger partial charge in [-0.3, -0.25) is 0 Å². The second-order valence-electron chi connectivity index (χ2n) is 4.99. The van der Waals surface area contributed by atoms with Crippen LogP contribution < -0.4 is 10.5 Å². The lowest BCUT2D eigenvalue weighted by Gasteiger charge is -2.26. The highest BCUT2D eigenvalue weighted by Crippen LogP contribution is 2.22. The van der Waals surface area contributed by atoms with Gasteiger partial charge < -0.3 is 5.73 Å². The number of nitrogens with one attached hydrogen (secondary N) is 1. The lowest BCUT2D eigenvalue weighted by atomic mass is 9.93. The van der Waals surface area contributed by atoms with Crippen molar-refractivity contribution in [1.29, 1.82) is 5.26 Å². The van der Waals surface area contributed by atoms with Crippen LogP contribution in [0.2, 0.25) is 5.02 Å². The first-order valence-electron chi connectivity index (χ1n) is 6.40. The Kier molecular flexibility index (Phi) is 6.44. The van der Waals surface area contributed by atoms with Crippen molar-refractivity contribution in [1.82, 2.24) is 4.72 Å². The Labute approximate surface area is 135 Å². The predicted octanol–water partition coefficient (Wildman–Crippen LogP) is 2.18. The molecule has 0 spiro atoms. The Balaban J connectivity index is 0.00000220. The number of benzene rings is 1. The van der Waals surface area contributed by atoms with E-state index in [2.05, 4.69) is 4.72 Å². The molecule has 0 bridgehead atoms. The van der Waals surface area contributed by atoms with Crippen LogP contribution in [-0.4, -0.2) is 20.5 Å². The monoisotopic (exact) mass is 349 g/mol. The van der Waals surface area contributed by atoms with E-state index < -0.39 is 10.0 Å². The molecule has 2 rings (SSSR count). The van der Waals surface area contributed by atoms with Crippen LogP contribution in [0.4, 0.5) is 0 Å². The standard InChI is InChI=1S/C13H16ClN3O2S.ClH/c14-13-6-5-12(7-9(13)8-15)20(18,19)17-11-3-1-10(16)2-4-11;/h5-7,10-11,17H,1-4,16H2;1H. The van der Waals surface area contributed by atoms with Gasteiger partial charge in [0, 0.05) is 12.1 Å². The van der Waals surface area contributed by atoms with E-state index in [1.54, 1.807) is 0 Å². The summed E-state index contributed by atoms with van der Waals surface area (Å²) in [7, 11) is -3.63. The van der Waals surface area contributed by atoms with Gasteiger partial charge in [-0.15, -0.1) is 12.4 Å². The van der Waals surface area contributed by atoms with E-state index in [1.165, 1.54) is 18.2 Å². The molecule has 1 aromatic carbocycles. The summed E-state index contributed by atoms with van der Waals surface area (Å²) < 4.78 is 27.2. The van der Waals surface area contributed by atoms with Crippen molar-refractivity contribution in [3.63, 3.8) is 0 Å². The Hall–Kier alpha value is -0.840. The highest BCUT2D eigenvalue weighted by molar-refractivity contribution is 7.89. The van der Waals surface area contributed by atoms with E-state index >= 15 is 0 Å². The van der Waals surface area contributed by atoms with Gasteiger partial charge in [-0.25, -0.2) is 13.1 Å². The molecule has 0 atom stereocenters. The summed E-state index contributed by atoms with van der Waals surface area (Å²) in [5, 5.41) is 9.14. The Morgan fingerprint density at radius 2 is 1.90 bits per heavy atom. The fraction of sp³-hybridized carbons (Fsp3) is 0.462. The fourth-order valence-corrected chi connectivity index (χ4v) is 3.77. The zero-order valence-electron chi connectivity index (χ0n) is 11.3. The van der Waals surface area contributed by atoms with E-state index in [9.17, 15) is 8.42 Å². The topological polar surface area (TPSA) is 96.0 Å². The number of nitrogens with zero attached hydrogens (tertiary/aromatic N) is 1. The van der Waals surface area contributed by atoms with Crippen molar-refractivity contribution >= 4 is 34.0 Å². The Morgan fingerprint density at radius 3 is 2.48 bits per heavy atom. The van der Waals surface area contributed by atoms with Gasteiger partial charge in [0.2, 0.25) is 10.0 Å². The van der Waals surface area contributed by atoms with E-state index in [0.717, 1.165) is 25.7 Å². The molecule has 1 saturated carbocycles. The molecule has 0 amide bonds. The summed E-state index contributed by atoms with van der Waals surface area (Å²) in [6.45, 7) is 0. The van der Waals surface area contributed by atoms with Gasteiger partial charge >= 0.3 is 0 Å². The fourth-order valence-electron chi connectivity index (χ4n) is 2.28. The molecule has 8 heteroatoms. The summed E-state index contributed by atoms with van der Waals surface area (Å²) in [6.07, 6.45) is 3.10. The van der Waals surface area contributed by atoms with Crippen LogP contribution in [0.25, 0.3) is 0 Å². The van der Waals surface area contributed by atoms with Gasteiger partial charge in [0.05, 0.1) is 15.5 Å². The molecular weight excluding hydrogens is 333 g/mol. The number of hydrogen-bond acceptors (Lipinski definition) is 4. The third-order valence-corrected chi connectivity index (χ3v) is 5.31. The lowest BCUT2D eigenvalue weighted by Crippen LogP contribution is -2.40. The van der Waals surface area contributed by atoms with Crippen molar-refractivity contribution in [2.75, 3.05) is 0 Å². The summed E-state index contributed by atoms with van der Waals surface area (Å²) in [6, 6.07) is 6.06. The van der Waals surface area contributed by atoms with Gasteiger partial charge in [0.15, 0.2) is 0 Å². The molecule has 0 radical (unpaired) electrons. The molecule has 0 saturated heterocycles. The molecule has 1 aromatic rings. The zero-order chi connectivity index (χ0) is 14.8. The second-order valence-corrected chi connectivity index (χ2v) is 7.11. The van der Waals surface area contributed by atoms with Crippen LogP contribution in [0.1, 0.15) is 31.2 Å². The Bertz CT molecular complexity index is 635. The zero-order valence-corrected chi connectivity index (χ0v) is 13.6. The molecule has 5 nitrogen and oxygen atoms in total. The van der Waals surface area contributed by atoms with E-state index in [0.29, 0.717) is 0 Å². The van der Waals surface area contributed by atoms with Gasteiger partial charge in [0.25, 0.3) is 0 Å². The number of sulfonamides is 1. The van der Waals surface area contributed by atoms with Crippen LogP contribution in [0.3, 0.4) is 0 Å². The second kappa shape index (κ2) is 7.43. The molecule has 0 aromatic heterocycles. The largest absolute Gasteiger partial charge is 0.328 e. The maximum absolute atomic E-state index is 12.3. The summed E-state index contributed by atoms with van der Waals surface area (Å²) in [5.74, 6) is 0. The highest BCUT2D eigenvalue weighted by Gasteiger charge is 2.24. The molecule has 1 aliphatic rings. The number of nitrogens with two attached hydrogens (primary N) is 1.